The molecule has 0 fully saturated rings. The van der Waals surface area contributed by atoms with Crippen LogP contribution in [0.4, 0.5) is 4.39 Å². The van der Waals surface area contributed by atoms with Gasteiger partial charge in [-0.15, -0.1) is 0 Å². The van der Waals surface area contributed by atoms with Gasteiger partial charge in [0, 0.05) is 18.2 Å². The summed E-state index contributed by atoms with van der Waals surface area (Å²) in [7, 11) is 0. The van der Waals surface area contributed by atoms with Gasteiger partial charge in [0.2, 0.25) is 5.91 Å². The maximum Gasteiger partial charge on any atom is 0.244 e. The first-order chi connectivity index (χ1) is 9.25. The third-order valence-electron chi connectivity index (χ3n) is 2.64. The van der Waals surface area contributed by atoms with Gasteiger partial charge in [-0.3, -0.25) is 4.79 Å². The summed E-state index contributed by atoms with van der Waals surface area (Å²) in [6, 6.07) is 15.9. The van der Waals surface area contributed by atoms with Crippen LogP contribution in [-0.4, -0.2) is 5.91 Å². The average Bonchev–Trinajstić information content (AvgIpc) is 2.45. The van der Waals surface area contributed by atoms with Crippen molar-refractivity contribution in [3.05, 3.63) is 77.6 Å². The van der Waals surface area contributed by atoms with E-state index in [2.05, 4.69) is 5.32 Å². The van der Waals surface area contributed by atoms with Crippen molar-refractivity contribution in [1.29, 1.82) is 0 Å². The molecule has 96 valence electrons. The Bertz CT molecular complexity index is 578. The van der Waals surface area contributed by atoms with Gasteiger partial charge in [0.1, 0.15) is 5.82 Å². The predicted octanol–water partition coefficient (Wildman–Crippen LogP) is 3.16. The zero-order valence-corrected chi connectivity index (χ0v) is 10.3. The smallest absolute Gasteiger partial charge is 0.244 e. The Labute approximate surface area is 111 Å². The molecule has 19 heavy (non-hydrogen) atoms. The van der Waals surface area contributed by atoms with Crippen LogP contribution in [0.2, 0.25) is 0 Å². The number of carbonyl (C=O) groups is 1. The van der Waals surface area contributed by atoms with Crippen LogP contribution in [0.15, 0.2) is 60.7 Å². The molecule has 2 nitrogen and oxygen atoms in total. The fourth-order valence-corrected chi connectivity index (χ4v) is 1.62. The molecule has 0 aliphatic heterocycles. The molecule has 0 saturated carbocycles. The lowest BCUT2D eigenvalue weighted by molar-refractivity contribution is -0.116. The first-order valence-electron chi connectivity index (χ1n) is 6.00. The van der Waals surface area contributed by atoms with E-state index in [4.69, 9.17) is 0 Å². The van der Waals surface area contributed by atoms with Gasteiger partial charge < -0.3 is 5.32 Å². The summed E-state index contributed by atoms with van der Waals surface area (Å²) in [5, 5.41) is 2.64. The van der Waals surface area contributed by atoms with Crippen LogP contribution in [0.3, 0.4) is 0 Å². The number of hydrogen-bond donors (Lipinski definition) is 1. The summed E-state index contributed by atoms with van der Waals surface area (Å²) >= 11 is 0. The predicted molar refractivity (Wildman–Crippen MR) is 73.7 cm³/mol. The minimum absolute atomic E-state index is 0.185. The zero-order valence-electron chi connectivity index (χ0n) is 10.3. The van der Waals surface area contributed by atoms with Crippen LogP contribution in [0.25, 0.3) is 6.08 Å². The maximum absolute atomic E-state index is 13.3. The third kappa shape index (κ3) is 4.07. The minimum atomic E-state index is -0.310. The summed E-state index contributed by atoms with van der Waals surface area (Å²) in [4.78, 5) is 11.6. The summed E-state index contributed by atoms with van der Waals surface area (Å²) in [6.07, 6.45) is 3.16. The molecule has 0 heterocycles. The molecule has 1 N–H and O–H groups in total. The van der Waals surface area contributed by atoms with Gasteiger partial charge in [0.25, 0.3) is 0 Å². The average molecular weight is 255 g/mol. The molecule has 0 aliphatic rings. The van der Waals surface area contributed by atoms with Crippen molar-refractivity contribution in [2.45, 2.75) is 6.54 Å². The molecule has 0 atom stereocenters. The number of hydrogen-bond acceptors (Lipinski definition) is 1. The largest absolute Gasteiger partial charge is 0.348 e. The molecule has 1 amide bonds. The van der Waals surface area contributed by atoms with Gasteiger partial charge in [-0.25, -0.2) is 4.39 Å². The Balaban J connectivity index is 1.89. The van der Waals surface area contributed by atoms with Crippen molar-refractivity contribution in [3.8, 4) is 0 Å². The van der Waals surface area contributed by atoms with E-state index < -0.39 is 0 Å². The lowest BCUT2D eigenvalue weighted by Gasteiger charge is -2.03. The van der Waals surface area contributed by atoms with Crippen molar-refractivity contribution in [2.75, 3.05) is 0 Å². The lowest BCUT2D eigenvalue weighted by atomic mass is 10.2. The highest BCUT2D eigenvalue weighted by atomic mass is 19.1. The molecule has 0 spiro atoms. The van der Waals surface area contributed by atoms with E-state index >= 15 is 0 Å². The number of amides is 1. The number of carbonyl (C=O) groups excluding carboxylic acids is 1. The van der Waals surface area contributed by atoms with Gasteiger partial charge in [-0.1, -0.05) is 48.5 Å². The van der Waals surface area contributed by atoms with Crippen molar-refractivity contribution >= 4 is 12.0 Å². The van der Waals surface area contributed by atoms with Crippen LogP contribution in [-0.2, 0) is 11.3 Å². The van der Waals surface area contributed by atoms with E-state index in [1.54, 1.807) is 24.3 Å². The summed E-state index contributed by atoms with van der Waals surface area (Å²) in [5.74, 6) is -0.554. The second-order valence-corrected chi connectivity index (χ2v) is 4.05. The molecule has 0 bridgehead atoms. The quantitative estimate of drug-likeness (QED) is 0.835. The van der Waals surface area contributed by atoms with Crippen molar-refractivity contribution in [3.63, 3.8) is 0 Å². The van der Waals surface area contributed by atoms with E-state index in [0.717, 1.165) is 5.56 Å². The molecule has 0 radical (unpaired) electrons. The molecule has 0 unspecified atom stereocenters. The van der Waals surface area contributed by atoms with Gasteiger partial charge in [0.05, 0.1) is 0 Å². The van der Waals surface area contributed by atoms with Crippen LogP contribution < -0.4 is 5.32 Å². The standard InChI is InChI=1S/C16H14FNO/c17-15-9-5-4-8-14(15)12-18-16(19)11-10-13-6-2-1-3-7-13/h1-11H,12H2,(H,18,19)/b11-10+. The second kappa shape index (κ2) is 6.50. The molecule has 2 aromatic carbocycles. The maximum atomic E-state index is 13.3. The normalized spacial score (nSPS) is 10.6. The number of rotatable bonds is 4. The van der Waals surface area contributed by atoms with Gasteiger partial charge >= 0.3 is 0 Å². The molecule has 2 rings (SSSR count). The highest BCUT2D eigenvalue weighted by Gasteiger charge is 2.01. The van der Waals surface area contributed by atoms with E-state index in [0.29, 0.717) is 5.56 Å². The lowest BCUT2D eigenvalue weighted by Crippen LogP contribution is -2.20. The van der Waals surface area contributed by atoms with Gasteiger partial charge in [-0.05, 0) is 17.7 Å². The van der Waals surface area contributed by atoms with Crippen LogP contribution in [0.5, 0.6) is 0 Å². The SMILES string of the molecule is O=C(/C=C/c1ccccc1)NCc1ccccc1F. The van der Waals surface area contributed by atoms with Crippen LogP contribution in [0.1, 0.15) is 11.1 Å². The fraction of sp³-hybridized carbons (Fsp3) is 0.0625. The van der Waals surface area contributed by atoms with Crippen molar-refractivity contribution < 1.29 is 9.18 Å². The molecule has 3 heteroatoms. The van der Waals surface area contributed by atoms with Crippen LogP contribution >= 0.6 is 0 Å². The zero-order chi connectivity index (χ0) is 13.5. The van der Waals surface area contributed by atoms with E-state index in [9.17, 15) is 9.18 Å². The topological polar surface area (TPSA) is 29.1 Å². The minimum Gasteiger partial charge on any atom is -0.348 e. The fourth-order valence-electron chi connectivity index (χ4n) is 1.62. The summed E-state index contributed by atoms with van der Waals surface area (Å²) in [6.45, 7) is 0.185. The molecule has 0 aromatic heterocycles. The Morgan fingerprint density at radius 1 is 1.05 bits per heavy atom. The summed E-state index contributed by atoms with van der Waals surface area (Å²) in [5.41, 5.74) is 1.42. The van der Waals surface area contributed by atoms with Crippen molar-refractivity contribution in [2.24, 2.45) is 0 Å². The van der Waals surface area contributed by atoms with Gasteiger partial charge in [0.15, 0.2) is 0 Å². The second-order valence-electron chi connectivity index (χ2n) is 4.05. The third-order valence-corrected chi connectivity index (χ3v) is 2.64. The summed E-state index contributed by atoms with van der Waals surface area (Å²) < 4.78 is 13.3. The Morgan fingerprint density at radius 3 is 2.47 bits per heavy atom. The molecular formula is C16H14FNO. The Morgan fingerprint density at radius 2 is 1.74 bits per heavy atom. The molecule has 0 saturated heterocycles. The number of nitrogens with one attached hydrogen (secondary N) is 1. The van der Waals surface area contributed by atoms with Crippen molar-refractivity contribution in [1.82, 2.24) is 5.32 Å². The molecule has 0 aliphatic carbocycles. The van der Waals surface area contributed by atoms with E-state index in [1.165, 1.54) is 12.1 Å². The van der Waals surface area contributed by atoms with Gasteiger partial charge in [-0.2, -0.15) is 0 Å². The monoisotopic (exact) mass is 255 g/mol. The van der Waals surface area contributed by atoms with E-state index in [-0.39, 0.29) is 18.3 Å². The van der Waals surface area contributed by atoms with E-state index in [1.807, 2.05) is 30.3 Å². The highest BCUT2D eigenvalue weighted by molar-refractivity contribution is 5.91. The number of benzene rings is 2. The Kier molecular flexibility index (Phi) is 4.45. The first-order valence-corrected chi connectivity index (χ1v) is 6.00. The van der Waals surface area contributed by atoms with Crippen LogP contribution in [0, 0.1) is 5.82 Å². The Hall–Kier alpha value is -2.42. The first kappa shape index (κ1) is 13.0. The molecule has 2 aromatic rings. The molecular weight excluding hydrogens is 241 g/mol. The highest BCUT2D eigenvalue weighted by Crippen LogP contribution is 2.05. The number of halogens is 1.